The number of aliphatic carboxylic acids is 1. The van der Waals surface area contributed by atoms with Crippen LogP contribution in [-0.4, -0.2) is 60.2 Å². The Morgan fingerprint density at radius 1 is 1.19 bits per heavy atom. The van der Waals surface area contributed by atoms with Crippen molar-refractivity contribution in [3.63, 3.8) is 0 Å². The smallest absolute Gasteiger partial charge is 0.326 e. The zero-order chi connectivity index (χ0) is 26.9. The van der Waals surface area contributed by atoms with Crippen molar-refractivity contribution in [2.75, 3.05) is 20.7 Å². The number of aliphatic imine (C=N–C) groups is 1. The number of carboxylic acids is 1. The highest BCUT2D eigenvalue weighted by Gasteiger charge is 2.30. The van der Waals surface area contributed by atoms with Crippen LogP contribution in [0.15, 0.2) is 29.3 Å². The van der Waals surface area contributed by atoms with Crippen molar-refractivity contribution in [1.29, 1.82) is 0 Å². The quantitative estimate of drug-likeness (QED) is 0.643. The van der Waals surface area contributed by atoms with E-state index in [4.69, 9.17) is 14.6 Å². The predicted octanol–water partition coefficient (Wildman–Crippen LogP) is 3.57. The van der Waals surface area contributed by atoms with Gasteiger partial charge in [0.1, 0.15) is 41.0 Å². The summed E-state index contributed by atoms with van der Waals surface area (Å²) in [5.74, 6) is -2.11. The van der Waals surface area contributed by atoms with Crippen molar-refractivity contribution in [2.45, 2.75) is 44.8 Å². The average molecular weight is 516 g/mol. The van der Waals surface area contributed by atoms with E-state index in [1.165, 1.54) is 4.90 Å². The van der Waals surface area contributed by atoms with Gasteiger partial charge in [-0.2, -0.15) is 0 Å². The summed E-state index contributed by atoms with van der Waals surface area (Å²) in [7, 11) is 3.35. The van der Waals surface area contributed by atoms with Gasteiger partial charge < -0.3 is 24.8 Å². The molecule has 196 valence electrons. The van der Waals surface area contributed by atoms with Gasteiger partial charge in [-0.05, 0) is 31.0 Å². The van der Waals surface area contributed by atoms with Gasteiger partial charge >= 0.3 is 5.97 Å². The Balaban J connectivity index is 0.000000301. The molecule has 0 aromatic heterocycles. The minimum Gasteiger partial charge on any atom is -0.493 e. The third-order valence-electron chi connectivity index (χ3n) is 6.13. The Kier molecular flexibility index (Phi) is 7.42. The van der Waals surface area contributed by atoms with Crippen LogP contribution in [-0.2, 0) is 16.0 Å². The summed E-state index contributed by atoms with van der Waals surface area (Å²) in [6.45, 7) is 2.19. The van der Waals surface area contributed by atoms with Gasteiger partial charge in [-0.25, -0.2) is 13.6 Å². The van der Waals surface area contributed by atoms with Crippen molar-refractivity contribution >= 4 is 29.2 Å². The van der Waals surface area contributed by atoms with Crippen molar-refractivity contribution in [3.05, 3.63) is 52.6 Å². The fourth-order valence-electron chi connectivity index (χ4n) is 4.39. The summed E-state index contributed by atoms with van der Waals surface area (Å²) < 4.78 is 39.5. The third kappa shape index (κ3) is 5.71. The molecule has 0 radical (unpaired) electrons. The molecule has 0 spiro atoms. The first kappa shape index (κ1) is 26.1. The zero-order valence-electron chi connectivity index (χ0n) is 20.6. The summed E-state index contributed by atoms with van der Waals surface area (Å²) in [6.07, 6.45) is 1.14. The molecule has 0 saturated carbocycles. The summed E-state index contributed by atoms with van der Waals surface area (Å²) in [6, 6.07) is 4.80. The molecular formula is C26H27F2N3O6. The first-order valence-electron chi connectivity index (χ1n) is 11.8. The number of benzene rings is 2. The molecule has 2 atom stereocenters. The maximum Gasteiger partial charge on any atom is 0.326 e. The SMILES string of the molecule is CC1=Nc2c(cc(C(=O)N(C)C)cc2O[C@H]2CCOc3cc(F)cc(F)c32)C1.O=C1CC[C@@H](C(=O)O)N1. The number of hydrogen-bond acceptors (Lipinski definition) is 6. The van der Waals surface area contributed by atoms with Crippen molar-refractivity contribution in [3.8, 4) is 11.5 Å². The Labute approximate surface area is 212 Å². The van der Waals surface area contributed by atoms with E-state index in [0.717, 1.165) is 23.4 Å². The number of hydrogen-bond donors (Lipinski definition) is 2. The molecular weight excluding hydrogens is 488 g/mol. The van der Waals surface area contributed by atoms with E-state index in [9.17, 15) is 23.2 Å². The highest BCUT2D eigenvalue weighted by molar-refractivity contribution is 5.99. The Hall–Kier alpha value is -4.02. The van der Waals surface area contributed by atoms with Crippen LogP contribution in [0.4, 0.5) is 14.5 Å². The first-order valence-corrected chi connectivity index (χ1v) is 11.8. The molecule has 5 rings (SSSR count). The Bertz CT molecular complexity index is 1290. The summed E-state index contributed by atoms with van der Waals surface area (Å²) in [5.41, 5.74) is 3.13. The number of nitrogens with one attached hydrogen (secondary N) is 1. The summed E-state index contributed by atoms with van der Waals surface area (Å²) >= 11 is 0. The second-order valence-electron chi connectivity index (χ2n) is 9.25. The lowest BCUT2D eigenvalue weighted by Gasteiger charge is -2.27. The molecule has 11 heteroatoms. The van der Waals surface area contributed by atoms with Crippen LogP contribution in [0.5, 0.6) is 11.5 Å². The predicted molar refractivity (Wildman–Crippen MR) is 130 cm³/mol. The second kappa shape index (κ2) is 10.5. The van der Waals surface area contributed by atoms with Gasteiger partial charge in [-0.3, -0.25) is 14.6 Å². The molecule has 2 amide bonds. The normalized spacial score (nSPS) is 19.4. The van der Waals surface area contributed by atoms with E-state index in [2.05, 4.69) is 10.3 Å². The third-order valence-corrected chi connectivity index (χ3v) is 6.13. The number of fused-ring (bicyclic) bond motifs is 2. The van der Waals surface area contributed by atoms with Crippen molar-refractivity contribution in [1.82, 2.24) is 10.2 Å². The van der Waals surface area contributed by atoms with E-state index in [-0.39, 0.29) is 29.7 Å². The molecule has 0 unspecified atom stereocenters. The number of halogens is 2. The monoisotopic (exact) mass is 515 g/mol. The van der Waals surface area contributed by atoms with Gasteiger partial charge in [0.05, 0.1) is 12.2 Å². The van der Waals surface area contributed by atoms with E-state index in [1.807, 2.05) is 13.0 Å². The number of carbonyl (C=O) groups excluding carboxylic acids is 2. The lowest BCUT2D eigenvalue weighted by atomic mass is 10.0. The van der Waals surface area contributed by atoms with Crippen LogP contribution in [0.1, 0.15) is 53.8 Å². The number of carboxylic acid groups (broad SMARTS) is 1. The van der Waals surface area contributed by atoms with Gasteiger partial charge in [0.25, 0.3) is 5.91 Å². The maximum absolute atomic E-state index is 14.4. The molecule has 2 aromatic carbocycles. The molecule has 0 bridgehead atoms. The minimum atomic E-state index is -0.944. The van der Waals surface area contributed by atoms with Crippen LogP contribution >= 0.6 is 0 Å². The molecule has 3 aliphatic rings. The summed E-state index contributed by atoms with van der Waals surface area (Å²) in [5, 5.41) is 10.6. The zero-order valence-corrected chi connectivity index (χ0v) is 20.6. The Morgan fingerprint density at radius 3 is 2.57 bits per heavy atom. The molecule has 37 heavy (non-hydrogen) atoms. The van der Waals surface area contributed by atoms with E-state index < -0.39 is 29.7 Å². The fraction of sp³-hybridized carbons (Fsp3) is 0.385. The Morgan fingerprint density at radius 2 is 1.95 bits per heavy atom. The number of amides is 2. The number of nitrogens with zero attached hydrogens (tertiary/aromatic N) is 2. The van der Waals surface area contributed by atoms with Gasteiger partial charge in [-0.1, -0.05) is 0 Å². The highest BCUT2D eigenvalue weighted by atomic mass is 19.1. The minimum absolute atomic E-state index is 0.144. The van der Waals surface area contributed by atoms with Crippen molar-refractivity contribution < 1.29 is 37.7 Å². The fourth-order valence-corrected chi connectivity index (χ4v) is 4.39. The van der Waals surface area contributed by atoms with Gasteiger partial charge in [-0.15, -0.1) is 0 Å². The topological polar surface area (TPSA) is 118 Å². The number of ether oxygens (including phenoxy) is 2. The average Bonchev–Trinajstić information content (AvgIpc) is 3.43. The molecule has 1 fully saturated rings. The molecule has 2 N–H and O–H groups in total. The molecule has 1 saturated heterocycles. The van der Waals surface area contributed by atoms with Crippen LogP contribution in [0, 0.1) is 11.6 Å². The van der Waals surface area contributed by atoms with Crippen LogP contribution in [0.3, 0.4) is 0 Å². The molecule has 3 aliphatic heterocycles. The lowest BCUT2D eigenvalue weighted by Crippen LogP contribution is -2.32. The van der Waals surface area contributed by atoms with Gasteiger partial charge in [0.15, 0.2) is 0 Å². The van der Waals surface area contributed by atoms with Crippen molar-refractivity contribution in [2.24, 2.45) is 4.99 Å². The van der Waals surface area contributed by atoms with Crippen LogP contribution in [0.2, 0.25) is 0 Å². The highest BCUT2D eigenvalue weighted by Crippen LogP contribution is 2.43. The molecule has 2 aromatic rings. The van der Waals surface area contributed by atoms with Crippen LogP contribution < -0.4 is 14.8 Å². The van der Waals surface area contributed by atoms with Gasteiger partial charge in [0, 0.05) is 56.8 Å². The maximum atomic E-state index is 14.4. The lowest BCUT2D eigenvalue weighted by molar-refractivity contribution is -0.140. The molecule has 0 aliphatic carbocycles. The largest absolute Gasteiger partial charge is 0.493 e. The van der Waals surface area contributed by atoms with Crippen LogP contribution in [0.25, 0.3) is 0 Å². The van der Waals surface area contributed by atoms with E-state index >= 15 is 0 Å². The standard InChI is InChI=1S/C21H20F2N2O3.C5H7NO3/c1-11-6-12-7-13(21(26)25(2)3)8-18(20(12)24-11)28-16-4-5-27-17-10-14(22)9-15(23)19(16)17;7-4-2-1-3(6-4)5(8)9/h7-10,16H,4-6H2,1-3H3;3H,1-2H2,(H,6,7)(H,8,9)/t16-;3-/m00/s1. The van der Waals surface area contributed by atoms with Gasteiger partial charge in [0.2, 0.25) is 5.91 Å². The van der Waals surface area contributed by atoms with E-state index in [1.54, 1.807) is 20.2 Å². The molecule has 3 heterocycles. The second-order valence-corrected chi connectivity index (χ2v) is 9.25. The molecule has 9 nitrogen and oxygen atoms in total. The number of carbonyl (C=O) groups is 3. The summed E-state index contributed by atoms with van der Waals surface area (Å²) in [4.78, 5) is 39.0. The van der Waals surface area contributed by atoms with E-state index in [0.29, 0.717) is 42.7 Å². The number of rotatable bonds is 4. The first-order chi connectivity index (χ1) is 17.5.